The third-order valence-corrected chi connectivity index (χ3v) is 4.31. The molecule has 1 heterocycles. The molecule has 0 aliphatic carbocycles. The van der Waals surface area contributed by atoms with Crippen LogP contribution >= 0.6 is 0 Å². The van der Waals surface area contributed by atoms with E-state index in [0.29, 0.717) is 38.7 Å². The summed E-state index contributed by atoms with van der Waals surface area (Å²) in [7, 11) is 1.86. The Labute approximate surface area is 164 Å². The minimum absolute atomic E-state index is 0.0400. The molecule has 1 aliphatic heterocycles. The molecule has 0 atom stereocenters. The monoisotopic (exact) mass is 388 g/mol. The van der Waals surface area contributed by atoms with Gasteiger partial charge in [0.1, 0.15) is 31.4 Å². The Morgan fingerprint density at radius 3 is 2.68 bits per heavy atom. The van der Waals surface area contributed by atoms with Crippen molar-refractivity contribution in [3.63, 3.8) is 0 Å². The first-order valence-electron chi connectivity index (χ1n) is 9.32. The lowest BCUT2D eigenvalue weighted by atomic mass is 10.1. The summed E-state index contributed by atoms with van der Waals surface area (Å²) < 4.78 is 29.5. The topological polar surface area (TPSA) is 60.0 Å². The van der Waals surface area contributed by atoms with Crippen molar-refractivity contribution in [2.75, 3.05) is 46.5 Å². The molecule has 150 valence electrons. The Balaban J connectivity index is 1.32. The number of nitrogens with zero attached hydrogens (tertiary/aromatic N) is 1. The van der Waals surface area contributed by atoms with E-state index in [9.17, 15) is 9.18 Å². The fourth-order valence-corrected chi connectivity index (χ4v) is 2.82. The largest absolute Gasteiger partial charge is 0.492 e. The molecular weight excluding hydrogens is 363 g/mol. The first-order chi connectivity index (χ1) is 13.6. The molecular formula is C21H25FN2O4. The quantitative estimate of drug-likeness (QED) is 0.714. The highest BCUT2D eigenvalue weighted by Crippen LogP contribution is 2.30. The minimum Gasteiger partial charge on any atom is -0.492 e. The van der Waals surface area contributed by atoms with Gasteiger partial charge in [0.25, 0.3) is 0 Å². The van der Waals surface area contributed by atoms with Crippen molar-refractivity contribution in [2.45, 2.75) is 6.42 Å². The predicted molar refractivity (Wildman–Crippen MR) is 104 cm³/mol. The van der Waals surface area contributed by atoms with Gasteiger partial charge in [-0.25, -0.2) is 4.39 Å². The van der Waals surface area contributed by atoms with Gasteiger partial charge in [-0.3, -0.25) is 9.69 Å². The summed E-state index contributed by atoms with van der Waals surface area (Å²) in [6.07, 6.45) is 0.722. The van der Waals surface area contributed by atoms with Crippen LogP contribution in [0.4, 0.5) is 4.39 Å². The van der Waals surface area contributed by atoms with Gasteiger partial charge in [0.05, 0.1) is 6.54 Å². The highest BCUT2D eigenvalue weighted by atomic mass is 19.1. The van der Waals surface area contributed by atoms with Crippen LogP contribution in [0, 0.1) is 5.82 Å². The fourth-order valence-electron chi connectivity index (χ4n) is 2.82. The molecule has 3 rings (SSSR count). The number of rotatable bonds is 9. The standard InChI is InChI=1S/C21H25FN2O4/c1-24(10-11-26-18-5-3-17(22)4-6-18)15-21(25)23-9-8-16-2-7-19-20(14-16)28-13-12-27-19/h2-7,14H,8-13,15H2,1H3,(H,23,25). The Kier molecular flexibility index (Phi) is 7.08. The molecule has 0 unspecified atom stereocenters. The van der Waals surface area contributed by atoms with Gasteiger partial charge in [0.2, 0.25) is 5.91 Å². The lowest BCUT2D eigenvalue weighted by Gasteiger charge is -2.19. The normalized spacial score (nSPS) is 12.7. The Morgan fingerprint density at radius 1 is 1.14 bits per heavy atom. The summed E-state index contributed by atoms with van der Waals surface area (Å²) in [6.45, 7) is 2.99. The maximum absolute atomic E-state index is 12.8. The molecule has 0 fully saturated rings. The second kappa shape index (κ2) is 9.94. The smallest absolute Gasteiger partial charge is 0.234 e. The van der Waals surface area contributed by atoms with Crippen LogP contribution in [0.2, 0.25) is 0 Å². The second-order valence-electron chi connectivity index (χ2n) is 6.62. The molecule has 2 aromatic rings. The van der Waals surface area contributed by atoms with E-state index >= 15 is 0 Å². The van der Waals surface area contributed by atoms with E-state index in [1.807, 2.05) is 30.1 Å². The van der Waals surface area contributed by atoms with Crippen LogP contribution < -0.4 is 19.5 Å². The van der Waals surface area contributed by atoms with E-state index in [2.05, 4.69) is 5.32 Å². The summed E-state index contributed by atoms with van der Waals surface area (Å²) in [4.78, 5) is 13.9. The number of fused-ring (bicyclic) bond motifs is 1. The number of likely N-dealkylation sites (N-methyl/N-ethyl adjacent to an activating group) is 1. The molecule has 1 N–H and O–H groups in total. The van der Waals surface area contributed by atoms with E-state index < -0.39 is 0 Å². The van der Waals surface area contributed by atoms with E-state index in [1.165, 1.54) is 12.1 Å². The van der Waals surface area contributed by atoms with Crippen molar-refractivity contribution < 1.29 is 23.4 Å². The van der Waals surface area contributed by atoms with Crippen LogP contribution in [0.1, 0.15) is 5.56 Å². The average molecular weight is 388 g/mol. The highest BCUT2D eigenvalue weighted by molar-refractivity contribution is 5.77. The molecule has 1 amide bonds. The zero-order chi connectivity index (χ0) is 19.8. The van der Waals surface area contributed by atoms with Gasteiger partial charge in [-0.1, -0.05) is 6.07 Å². The van der Waals surface area contributed by atoms with E-state index in [-0.39, 0.29) is 18.3 Å². The fraction of sp³-hybridized carbons (Fsp3) is 0.381. The molecule has 0 aromatic heterocycles. The number of nitrogens with one attached hydrogen (secondary N) is 1. The van der Waals surface area contributed by atoms with Crippen LogP contribution in [0.5, 0.6) is 17.2 Å². The maximum Gasteiger partial charge on any atom is 0.234 e. The zero-order valence-corrected chi connectivity index (χ0v) is 15.9. The van der Waals surface area contributed by atoms with Gasteiger partial charge >= 0.3 is 0 Å². The average Bonchev–Trinajstić information content (AvgIpc) is 2.69. The molecule has 0 saturated heterocycles. The van der Waals surface area contributed by atoms with E-state index in [0.717, 1.165) is 23.5 Å². The summed E-state index contributed by atoms with van der Waals surface area (Å²) in [5.41, 5.74) is 1.09. The molecule has 0 radical (unpaired) electrons. The van der Waals surface area contributed by atoms with Crippen molar-refractivity contribution in [2.24, 2.45) is 0 Å². The zero-order valence-electron chi connectivity index (χ0n) is 15.9. The summed E-state index contributed by atoms with van der Waals surface area (Å²) in [6, 6.07) is 11.7. The second-order valence-corrected chi connectivity index (χ2v) is 6.62. The van der Waals surface area contributed by atoms with Gasteiger partial charge in [0, 0.05) is 13.1 Å². The van der Waals surface area contributed by atoms with Crippen molar-refractivity contribution in [1.82, 2.24) is 10.2 Å². The Bertz CT molecular complexity index is 782. The molecule has 6 nitrogen and oxygen atoms in total. The molecule has 1 aliphatic rings. The van der Waals surface area contributed by atoms with Gasteiger partial charge in [-0.2, -0.15) is 0 Å². The number of benzene rings is 2. The molecule has 2 aromatic carbocycles. The van der Waals surface area contributed by atoms with Crippen LogP contribution in [0.3, 0.4) is 0 Å². The lowest BCUT2D eigenvalue weighted by Crippen LogP contribution is -2.37. The van der Waals surface area contributed by atoms with Crippen LogP contribution in [0.15, 0.2) is 42.5 Å². The molecule has 28 heavy (non-hydrogen) atoms. The molecule has 0 saturated carbocycles. The third kappa shape index (κ3) is 6.13. The number of carbonyl (C=O) groups excluding carboxylic acids is 1. The Morgan fingerprint density at radius 2 is 1.89 bits per heavy atom. The van der Waals surface area contributed by atoms with Crippen LogP contribution in [-0.4, -0.2) is 57.3 Å². The minimum atomic E-state index is -0.294. The predicted octanol–water partition coefficient (Wildman–Crippen LogP) is 2.27. The summed E-state index contributed by atoms with van der Waals surface area (Å²) >= 11 is 0. The number of halogens is 1. The molecule has 7 heteroatoms. The maximum atomic E-state index is 12.8. The lowest BCUT2D eigenvalue weighted by molar-refractivity contribution is -0.121. The SMILES string of the molecule is CN(CCOc1ccc(F)cc1)CC(=O)NCCc1ccc2c(c1)OCCO2. The molecule has 0 spiro atoms. The molecule has 0 bridgehead atoms. The van der Waals surface area contributed by atoms with Crippen molar-refractivity contribution in [1.29, 1.82) is 0 Å². The first-order valence-corrected chi connectivity index (χ1v) is 9.32. The van der Waals surface area contributed by atoms with Gasteiger partial charge in [-0.05, 0) is 55.4 Å². The first kappa shape index (κ1) is 19.9. The number of hydrogen-bond donors (Lipinski definition) is 1. The van der Waals surface area contributed by atoms with Crippen LogP contribution in [-0.2, 0) is 11.2 Å². The van der Waals surface area contributed by atoms with Gasteiger partial charge in [-0.15, -0.1) is 0 Å². The number of amides is 1. The number of carbonyl (C=O) groups is 1. The number of ether oxygens (including phenoxy) is 3. The third-order valence-electron chi connectivity index (χ3n) is 4.31. The van der Waals surface area contributed by atoms with Crippen molar-refractivity contribution in [3.8, 4) is 17.2 Å². The van der Waals surface area contributed by atoms with Crippen molar-refractivity contribution >= 4 is 5.91 Å². The van der Waals surface area contributed by atoms with E-state index in [4.69, 9.17) is 14.2 Å². The van der Waals surface area contributed by atoms with Gasteiger partial charge < -0.3 is 19.5 Å². The highest BCUT2D eigenvalue weighted by Gasteiger charge is 2.12. The Hall–Kier alpha value is -2.80. The summed E-state index contributed by atoms with van der Waals surface area (Å²) in [5.74, 6) is 1.80. The van der Waals surface area contributed by atoms with Gasteiger partial charge in [0.15, 0.2) is 11.5 Å². The van der Waals surface area contributed by atoms with E-state index in [1.54, 1.807) is 12.1 Å². The summed E-state index contributed by atoms with van der Waals surface area (Å²) in [5, 5.41) is 2.92. The van der Waals surface area contributed by atoms with Crippen molar-refractivity contribution in [3.05, 3.63) is 53.8 Å². The van der Waals surface area contributed by atoms with Crippen LogP contribution in [0.25, 0.3) is 0 Å². The number of hydrogen-bond acceptors (Lipinski definition) is 5.